The molecule has 0 unspecified atom stereocenters. The van der Waals surface area contributed by atoms with Crippen molar-refractivity contribution in [3.63, 3.8) is 0 Å². The predicted octanol–water partition coefficient (Wildman–Crippen LogP) is 3.03. The van der Waals surface area contributed by atoms with E-state index in [4.69, 9.17) is 44.3 Å². The Morgan fingerprint density at radius 2 is 1.82 bits per heavy atom. The lowest BCUT2D eigenvalue weighted by molar-refractivity contribution is -0.153. The van der Waals surface area contributed by atoms with E-state index in [0.29, 0.717) is 40.6 Å². The second kappa shape index (κ2) is 5.21. The minimum atomic E-state index is -0.324. The highest BCUT2D eigenvalue weighted by atomic mass is 35.5. The molecule has 1 fully saturated rings. The van der Waals surface area contributed by atoms with Gasteiger partial charge in [-0.15, -0.1) is 0 Å². The molecule has 0 saturated carbocycles. The molecule has 1 aromatic carbocycles. The molecule has 0 spiro atoms. The molecule has 17 heavy (non-hydrogen) atoms. The first-order chi connectivity index (χ1) is 8.06. The lowest BCUT2D eigenvalue weighted by Gasteiger charge is -2.39. The van der Waals surface area contributed by atoms with Crippen molar-refractivity contribution in [2.45, 2.75) is 0 Å². The molecule has 0 radical (unpaired) electrons. The second-order valence-corrected chi connectivity index (χ2v) is 5.36. The van der Waals surface area contributed by atoms with Crippen molar-refractivity contribution in [1.82, 2.24) is 0 Å². The summed E-state index contributed by atoms with van der Waals surface area (Å²) in [7, 11) is 0. The van der Waals surface area contributed by atoms with Crippen LogP contribution in [0.2, 0.25) is 15.1 Å². The van der Waals surface area contributed by atoms with Crippen molar-refractivity contribution >= 4 is 34.8 Å². The first-order valence-corrected chi connectivity index (χ1v) is 6.16. The molecule has 1 heterocycles. The minimum absolute atomic E-state index is 0.0198. The fourth-order valence-corrected chi connectivity index (χ4v) is 2.05. The number of aliphatic hydroxyl groups is 1. The van der Waals surface area contributed by atoms with Gasteiger partial charge in [-0.05, 0) is 6.07 Å². The van der Waals surface area contributed by atoms with Crippen LogP contribution in [0.25, 0.3) is 0 Å². The maximum absolute atomic E-state index is 9.24. The quantitative estimate of drug-likeness (QED) is 0.868. The van der Waals surface area contributed by atoms with Gasteiger partial charge < -0.3 is 14.6 Å². The molecular formula is C11H11Cl3O3. The van der Waals surface area contributed by atoms with E-state index in [2.05, 4.69) is 0 Å². The Morgan fingerprint density at radius 3 is 2.35 bits per heavy atom. The highest BCUT2D eigenvalue weighted by molar-refractivity contribution is 6.43. The van der Waals surface area contributed by atoms with Gasteiger partial charge in [-0.2, -0.15) is 0 Å². The van der Waals surface area contributed by atoms with E-state index in [1.807, 2.05) is 0 Å². The van der Waals surface area contributed by atoms with Crippen molar-refractivity contribution in [3.8, 4) is 5.75 Å². The molecule has 1 N–H and O–H groups in total. The predicted molar refractivity (Wildman–Crippen MR) is 67.3 cm³/mol. The van der Waals surface area contributed by atoms with Gasteiger partial charge in [-0.25, -0.2) is 0 Å². The number of rotatable bonds is 4. The van der Waals surface area contributed by atoms with Crippen LogP contribution in [0, 0.1) is 5.41 Å². The highest BCUT2D eigenvalue weighted by Gasteiger charge is 2.39. The molecule has 0 bridgehead atoms. The smallest absolute Gasteiger partial charge is 0.139 e. The molecule has 1 aliphatic rings. The Kier molecular flexibility index (Phi) is 4.06. The molecule has 6 heteroatoms. The fraction of sp³-hybridized carbons (Fsp3) is 0.455. The molecular weight excluding hydrogens is 286 g/mol. The van der Waals surface area contributed by atoms with Crippen molar-refractivity contribution in [3.05, 3.63) is 27.2 Å². The Labute approximate surface area is 114 Å². The molecule has 0 amide bonds. The third kappa shape index (κ3) is 2.80. The number of aliphatic hydroxyl groups excluding tert-OH is 1. The summed E-state index contributed by atoms with van der Waals surface area (Å²) in [5.74, 6) is 0.459. The van der Waals surface area contributed by atoms with Crippen LogP contribution in [-0.2, 0) is 4.74 Å². The van der Waals surface area contributed by atoms with E-state index in [-0.39, 0.29) is 12.0 Å². The van der Waals surface area contributed by atoms with Gasteiger partial charge in [0, 0.05) is 6.07 Å². The van der Waals surface area contributed by atoms with Crippen LogP contribution in [-0.4, -0.2) is 31.5 Å². The summed E-state index contributed by atoms with van der Waals surface area (Å²) in [6, 6.07) is 3.10. The third-order valence-electron chi connectivity index (χ3n) is 2.66. The van der Waals surface area contributed by atoms with Gasteiger partial charge >= 0.3 is 0 Å². The number of halogens is 3. The largest absolute Gasteiger partial charge is 0.491 e. The Balaban J connectivity index is 2.06. The summed E-state index contributed by atoms with van der Waals surface area (Å²) in [5.41, 5.74) is -0.324. The fourth-order valence-electron chi connectivity index (χ4n) is 1.46. The molecule has 1 aromatic rings. The van der Waals surface area contributed by atoms with Gasteiger partial charge in [0.25, 0.3) is 0 Å². The summed E-state index contributed by atoms with van der Waals surface area (Å²) in [5, 5.41) is 10.4. The van der Waals surface area contributed by atoms with Crippen molar-refractivity contribution in [2.24, 2.45) is 5.41 Å². The van der Waals surface area contributed by atoms with Crippen LogP contribution in [0.3, 0.4) is 0 Å². The van der Waals surface area contributed by atoms with Gasteiger partial charge in [0.05, 0.1) is 40.3 Å². The minimum Gasteiger partial charge on any atom is -0.491 e. The Hall–Kier alpha value is -0.190. The van der Waals surface area contributed by atoms with Crippen molar-refractivity contribution < 1.29 is 14.6 Å². The van der Waals surface area contributed by atoms with Gasteiger partial charge in [-0.3, -0.25) is 0 Å². The maximum Gasteiger partial charge on any atom is 0.139 e. The van der Waals surface area contributed by atoms with Crippen LogP contribution < -0.4 is 4.74 Å². The van der Waals surface area contributed by atoms with E-state index >= 15 is 0 Å². The average Bonchev–Trinajstić information content (AvgIpc) is 2.24. The zero-order valence-electron chi connectivity index (χ0n) is 8.88. The standard InChI is InChI=1S/C11H11Cl3O3/c12-7-1-9(14)10(2-8(7)13)17-6-11(3-15)4-16-5-11/h1-2,15H,3-6H2. The number of hydrogen-bond donors (Lipinski definition) is 1. The summed E-state index contributed by atoms with van der Waals surface area (Å²) >= 11 is 17.7. The van der Waals surface area contributed by atoms with Gasteiger partial charge in [0.15, 0.2) is 0 Å². The summed E-state index contributed by atoms with van der Waals surface area (Å²) in [6.07, 6.45) is 0. The Morgan fingerprint density at radius 1 is 1.18 bits per heavy atom. The third-order valence-corrected chi connectivity index (χ3v) is 3.68. The maximum atomic E-state index is 9.24. The molecule has 2 rings (SSSR count). The van der Waals surface area contributed by atoms with Gasteiger partial charge in [0.1, 0.15) is 12.4 Å². The first kappa shape index (κ1) is 13.2. The van der Waals surface area contributed by atoms with E-state index in [0.717, 1.165) is 0 Å². The first-order valence-electron chi connectivity index (χ1n) is 5.02. The molecule has 0 atom stereocenters. The van der Waals surface area contributed by atoms with E-state index in [1.165, 1.54) is 6.07 Å². The van der Waals surface area contributed by atoms with Crippen LogP contribution in [0.1, 0.15) is 0 Å². The second-order valence-electron chi connectivity index (χ2n) is 4.14. The lowest BCUT2D eigenvalue weighted by atomic mass is 9.88. The topological polar surface area (TPSA) is 38.7 Å². The number of benzene rings is 1. The zero-order chi connectivity index (χ0) is 12.5. The van der Waals surface area contributed by atoms with Gasteiger partial charge in [0.2, 0.25) is 0 Å². The molecule has 1 aliphatic heterocycles. The number of hydrogen-bond acceptors (Lipinski definition) is 3. The highest BCUT2D eigenvalue weighted by Crippen LogP contribution is 2.35. The Bertz CT molecular complexity index is 413. The van der Waals surface area contributed by atoms with Crippen LogP contribution in [0.5, 0.6) is 5.75 Å². The van der Waals surface area contributed by atoms with Crippen molar-refractivity contribution in [2.75, 3.05) is 26.4 Å². The number of ether oxygens (including phenoxy) is 2. The van der Waals surface area contributed by atoms with Crippen molar-refractivity contribution in [1.29, 1.82) is 0 Å². The molecule has 0 aromatic heterocycles. The molecule has 3 nitrogen and oxygen atoms in total. The van der Waals surface area contributed by atoms with Gasteiger partial charge in [-0.1, -0.05) is 34.8 Å². The van der Waals surface area contributed by atoms with Crippen LogP contribution >= 0.6 is 34.8 Å². The average molecular weight is 298 g/mol. The van der Waals surface area contributed by atoms with E-state index in [1.54, 1.807) is 6.07 Å². The van der Waals surface area contributed by atoms with Crippen LogP contribution in [0.15, 0.2) is 12.1 Å². The zero-order valence-corrected chi connectivity index (χ0v) is 11.1. The summed E-state index contributed by atoms with van der Waals surface area (Å²) < 4.78 is 10.6. The lowest BCUT2D eigenvalue weighted by Crippen LogP contribution is -2.49. The van der Waals surface area contributed by atoms with Crippen LogP contribution in [0.4, 0.5) is 0 Å². The van der Waals surface area contributed by atoms with E-state index in [9.17, 15) is 5.11 Å². The normalized spacial score (nSPS) is 17.6. The summed E-state index contributed by atoms with van der Waals surface area (Å²) in [4.78, 5) is 0. The monoisotopic (exact) mass is 296 g/mol. The van der Waals surface area contributed by atoms with E-state index < -0.39 is 0 Å². The summed E-state index contributed by atoms with van der Waals surface area (Å²) in [6.45, 7) is 1.33. The molecule has 0 aliphatic carbocycles. The SMILES string of the molecule is OCC1(COc2cc(Cl)c(Cl)cc2Cl)COC1. The molecule has 1 saturated heterocycles. The molecule has 94 valence electrons.